The lowest BCUT2D eigenvalue weighted by molar-refractivity contribution is -0.117. The molecule has 2 aromatic carbocycles. The Hall–Kier alpha value is -2.38. The number of carbonyl (C=O) groups excluding carboxylic acids is 1. The van der Waals surface area contributed by atoms with Crippen LogP contribution in [0, 0.1) is 0 Å². The van der Waals surface area contributed by atoms with Gasteiger partial charge in [-0.25, -0.2) is 13.1 Å². The van der Waals surface area contributed by atoms with Gasteiger partial charge in [0.05, 0.1) is 4.90 Å². The van der Waals surface area contributed by atoms with E-state index in [0.29, 0.717) is 5.69 Å². The third-order valence-corrected chi connectivity index (χ3v) is 6.27. The number of nitrogens with zero attached hydrogens (tertiary/aromatic N) is 1. The minimum atomic E-state index is -3.54. The molecular weight excluding hydrogens is 362 g/mol. The second kappa shape index (κ2) is 7.70. The first-order valence-electron chi connectivity index (χ1n) is 9.06. The third-order valence-electron chi connectivity index (χ3n) is 4.59. The molecule has 0 saturated carbocycles. The maximum Gasteiger partial charge on any atom is 0.246 e. The van der Waals surface area contributed by atoms with Crippen molar-refractivity contribution in [2.45, 2.75) is 44.2 Å². The van der Waals surface area contributed by atoms with Crippen LogP contribution >= 0.6 is 0 Å². The van der Waals surface area contributed by atoms with Crippen molar-refractivity contribution < 1.29 is 13.2 Å². The molecule has 7 heteroatoms. The van der Waals surface area contributed by atoms with Crippen molar-refractivity contribution in [1.82, 2.24) is 4.72 Å². The quantitative estimate of drug-likeness (QED) is 0.799. The summed E-state index contributed by atoms with van der Waals surface area (Å²) in [5, 5.41) is 2.87. The number of hydrogen-bond acceptors (Lipinski definition) is 4. The van der Waals surface area contributed by atoms with Crippen LogP contribution in [-0.2, 0) is 21.2 Å². The number of fused-ring (bicyclic) bond motifs is 1. The van der Waals surface area contributed by atoms with Gasteiger partial charge in [0, 0.05) is 24.0 Å². The molecule has 0 saturated heterocycles. The predicted molar refractivity (Wildman–Crippen MR) is 107 cm³/mol. The predicted octanol–water partition coefficient (Wildman–Crippen LogP) is 2.76. The minimum Gasteiger partial charge on any atom is -0.359 e. The summed E-state index contributed by atoms with van der Waals surface area (Å²) >= 11 is 0. The highest BCUT2D eigenvalue weighted by molar-refractivity contribution is 7.89. The fourth-order valence-electron chi connectivity index (χ4n) is 3.25. The van der Waals surface area contributed by atoms with E-state index in [9.17, 15) is 13.2 Å². The standard InChI is InChI=1S/C20H25N3O3S/c1-14(2)22-27(25,26)18-10-8-17(9-11-18)21-20(24)15(3)23-13-12-16-6-4-5-7-19(16)23/h4-11,14-15,22H,12-13H2,1-3H3,(H,21,24)/t15-/m1/s1. The first kappa shape index (κ1) is 19.4. The molecule has 2 N–H and O–H groups in total. The maximum atomic E-state index is 12.7. The van der Waals surface area contributed by atoms with E-state index in [-0.39, 0.29) is 22.9 Å². The van der Waals surface area contributed by atoms with Crippen LogP contribution in [0.3, 0.4) is 0 Å². The smallest absolute Gasteiger partial charge is 0.246 e. The van der Waals surface area contributed by atoms with Gasteiger partial charge in [0.25, 0.3) is 0 Å². The molecule has 0 fully saturated rings. The van der Waals surface area contributed by atoms with E-state index >= 15 is 0 Å². The van der Waals surface area contributed by atoms with Crippen molar-refractivity contribution >= 4 is 27.3 Å². The number of anilines is 2. The monoisotopic (exact) mass is 387 g/mol. The molecule has 2 aromatic rings. The number of amides is 1. The molecule has 0 bridgehead atoms. The van der Waals surface area contributed by atoms with Crippen LogP contribution in [0.25, 0.3) is 0 Å². The molecule has 0 aromatic heterocycles. The highest BCUT2D eigenvalue weighted by Crippen LogP contribution is 2.29. The summed E-state index contributed by atoms with van der Waals surface area (Å²) < 4.78 is 26.9. The van der Waals surface area contributed by atoms with Gasteiger partial charge in [-0.15, -0.1) is 0 Å². The van der Waals surface area contributed by atoms with Gasteiger partial charge in [-0.3, -0.25) is 4.79 Å². The number of nitrogens with one attached hydrogen (secondary N) is 2. The van der Waals surface area contributed by atoms with Gasteiger partial charge in [-0.2, -0.15) is 0 Å². The Morgan fingerprint density at radius 1 is 1.04 bits per heavy atom. The number of carbonyl (C=O) groups is 1. The molecule has 1 atom stereocenters. The average molecular weight is 388 g/mol. The molecule has 1 aliphatic rings. The van der Waals surface area contributed by atoms with Gasteiger partial charge in [0.2, 0.25) is 15.9 Å². The second-order valence-corrected chi connectivity index (χ2v) is 8.75. The summed E-state index contributed by atoms with van der Waals surface area (Å²) in [6, 6.07) is 13.8. The molecule has 0 radical (unpaired) electrons. The average Bonchev–Trinajstić information content (AvgIpc) is 3.04. The van der Waals surface area contributed by atoms with Crippen LogP contribution in [0.1, 0.15) is 26.3 Å². The molecule has 144 valence electrons. The lowest BCUT2D eigenvalue weighted by atomic mass is 10.1. The van der Waals surface area contributed by atoms with Gasteiger partial charge in [-0.1, -0.05) is 18.2 Å². The van der Waals surface area contributed by atoms with E-state index in [2.05, 4.69) is 21.0 Å². The topological polar surface area (TPSA) is 78.5 Å². The first-order chi connectivity index (χ1) is 12.8. The number of hydrogen-bond donors (Lipinski definition) is 2. The first-order valence-corrected chi connectivity index (χ1v) is 10.5. The molecule has 1 amide bonds. The third kappa shape index (κ3) is 4.31. The Balaban J connectivity index is 1.68. The normalized spacial score (nSPS) is 14.9. The Morgan fingerprint density at radius 2 is 1.70 bits per heavy atom. The molecule has 1 heterocycles. The van der Waals surface area contributed by atoms with E-state index < -0.39 is 10.0 Å². The van der Waals surface area contributed by atoms with E-state index in [1.165, 1.54) is 17.7 Å². The van der Waals surface area contributed by atoms with Gasteiger partial charge in [0.15, 0.2) is 0 Å². The van der Waals surface area contributed by atoms with Crippen molar-refractivity contribution in [3.8, 4) is 0 Å². The Labute approximate surface area is 160 Å². The number of para-hydroxylation sites is 1. The van der Waals surface area contributed by atoms with Crippen LogP contribution in [0.4, 0.5) is 11.4 Å². The summed E-state index contributed by atoms with van der Waals surface area (Å²) in [7, 11) is -3.54. The van der Waals surface area contributed by atoms with Crippen LogP contribution in [0.2, 0.25) is 0 Å². The maximum absolute atomic E-state index is 12.7. The van der Waals surface area contributed by atoms with Gasteiger partial charge < -0.3 is 10.2 Å². The van der Waals surface area contributed by atoms with E-state index in [0.717, 1.165) is 18.7 Å². The Morgan fingerprint density at radius 3 is 2.37 bits per heavy atom. The Bertz CT molecular complexity index is 924. The summed E-state index contributed by atoms with van der Waals surface area (Å²) in [6.45, 7) is 6.23. The molecule has 0 unspecified atom stereocenters. The number of benzene rings is 2. The van der Waals surface area contributed by atoms with Crippen molar-refractivity contribution in [3.63, 3.8) is 0 Å². The van der Waals surface area contributed by atoms with E-state index in [4.69, 9.17) is 0 Å². The van der Waals surface area contributed by atoms with E-state index in [1.54, 1.807) is 26.0 Å². The summed E-state index contributed by atoms with van der Waals surface area (Å²) in [5.74, 6) is -0.123. The molecular formula is C20H25N3O3S. The fraction of sp³-hybridized carbons (Fsp3) is 0.350. The minimum absolute atomic E-state index is 0.123. The van der Waals surface area contributed by atoms with Crippen molar-refractivity contribution in [2.24, 2.45) is 0 Å². The van der Waals surface area contributed by atoms with Crippen molar-refractivity contribution in [1.29, 1.82) is 0 Å². The molecule has 0 aliphatic carbocycles. The summed E-state index contributed by atoms with van der Waals surface area (Å²) in [6.07, 6.45) is 0.934. The summed E-state index contributed by atoms with van der Waals surface area (Å²) in [5.41, 5.74) is 2.92. The van der Waals surface area contributed by atoms with Crippen LogP contribution in [-0.4, -0.2) is 33.0 Å². The molecule has 3 rings (SSSR count). The summed E-state index contributed by atoms with van der Waals surface area (Å²) in [4.78, 5) is 14.9. The molecule has 0 spiro atoms. The Kier molecular flexibility index (Phi) is 5.53. The van der Waals surface area contributed by atoms with E-state index in [1.807, 2.05) is 25.1 Å². The second-order valence-electron chi connectivity index (χ2n) is 7.04. The zero-order chi connectivity index (χ0) is 19.6. The van der Waals surface area contributed by atoms with Gasteiger partial charge in [0.1, 0.15) is 6.04 Å². The van der Waals surface area contributed by atoms with Crippen molar-refractivity contribution in [2.75, 3.05) is 16.8 Å². The number of rotatable bonds is 6. The highest BCUT2D eigenvalue weighted by atomic mass is 32.2. The van der Waals surface area contributed by atoms with Crippen LogP contribution in [0.5, 0.6) is 0 Å². The van der Waals surface area contributed by atoms with Crippen molar-refractivity contribution in [3.05, 3.63) is 54.1 Å². The highest BCUT2D eigenvalue weighted by Gasteiger charge is 2.27. The zero-order valence-electron chi connectivity index (χ0n) is 15.8. The lowest BCUT2D eigenvalue weighted by Crippen LogP contribution is -2.41. The van der Waals surface area contributed by atoms with Gasteiger partial charge >= 0.3 is 0 Å². The van der Waals surface area contributed by atoms with Crippen LogP contribution < -0.4 is 14.9 Å². The fourth-order valence-corrected chi connectivity index (χ4v) is 4.50. The molecule has 27 heavy (non-hydrogen) atoms. The number of sulfonamides is 1. The molecule has 6 nitrogen and oxygen atoms in total. The van der Waals surface area contributed by atoms with Crippen LogP contribution in [0.15, 0.2) is 53.4 Å². The molecule has 1 aliphatic heterocycles. The van der Waals surface area contributed by atoms with Gasteiger partial charge in [-0.05, 0) is 63.1 Å². The zero-order valence-corrected chi connectivity index (χ0v) is 16.6. The SMILES string of the molecule is CC(C)NS(=O)(=O)c1ccc(NC(=O)[C@@H](C)N2CCc3ccccc32)cc1. The lowest BCUT2D eigenvalue weighted by Gasteiger charge is -2.26. The largest absolute Gasteiger partial charge is 0.359 e.